The quantitative estimate of drug-likeness (QED) is 0.770. The average Bonchev–Trinajstić information content (AvgIpc) is 2.68. The third-order valence-corrected chi connectivity index (χ3v) is 6.87. The summed E-state index contributed by atoms with van der Waals surface area (Å²) < 4.78 is 39.3. The molecule has 0 spiro atoms. The van der Waals surface area contributed by atoms with Crippen LogP contribution < -0.4 is 5.46 Å². The van der Waals surface area contributed by atoms with E-state index in [1.807, 2.05) is 47.6 Å². The first-order valence-electron chi connectivity index (χ1n) is 8.01. The van der Waals surface area contributed by atoms with E-state index < -0.39 is 28.3 Å². The molecule has 2 rings (SSSR count). The van der Waals surface area contributed by atoms with Crippen molar-refractivity contribution in [3.63, 3.8) is 0 Å². The van der Waals surface area contributed by atoms with Gasteiger partial charge in [-0.2, -0.15) is 4.31 Å². The normalized spacial score (nSPS) is 20.2. The van der Waals surface area contributed by atoms with Crippen LogP contribution in [0.3, 0.4) is 0 Å². The zero-order valence-corrected chi connectivity index (χ0v) is 15.6. The summed E-state index contributed by atoms with van der Waals surface area (Å²) in [4.78, 5) is 0.252. The first-order valence-corrected chi connectivity index (χ1v) is 9.45. The predicted molar refractivity (Wildman–Crippen MR) is 92.3 cm³/mol. The molecule has 0 radical (unpaired) electrons. The molecule has 1 aromatic rings. The summed E-state index contributed by atoms with van der Waals surface area (Å²) in [5, 5.41) is 0. The van der Waals surface area contributed by atoms with Gasteiger partial charge < -0.3 is 9.31 Å². The molecule has 1 saturated heterocycles. The Bertz CT molecular complexity index is 652. The highest BCUT2D eigenvalue weighted by molar-refractivity contribution is 7.89. The number of sulfonamides is 1. The van der Waals surface area contributed by atoms with E-state index in [2.05, 4.69) is 0 Å². The highest BCUT2D eigenvalue weighted by atomic mass is 32.2. The van der Waals surface area contributed by atoms with Crippen molar-refractivity contribution in [2.24, 2.45) is 0 Å². The lowest BCUT2D eigenvalue weighted by Crippen LogP contribution is -2.41. The minimum Gasteiger partial charge on any atom is -0.399 e. The smallest absolute Gasteiger partial charge is 0.399 e. The monoisotopic (exact) mass is 339 g/mol. The van der Waals surface area contributed by atoms with Gasteiger partial charge in [-0.3, -0.25) is 0 Å². The largest absolute Gasteiger partial charge is 0.496 e. The number of hydrogen-bond acceptors (Lipinski definition) is 4. The van der Waals surface area contributed by atoms with Gasteiger partial charge in [0.15, 0.2) is 0 Å². The Hall–Kier alpha value is -0.885. The molecule has 128 valence electrons. The first-order chi connectivity index (χ1) is 10.6. The maximum Gasteiger partial charge on any atom is 0.496 e. The van der Waals surface area contributed by atoms with Gasteiger partial charge in [-0.25, -0.2) is 8.42 Å². The van der Waals surface area contributed by atoms with Crippen molar-refractivity contribution in [2.45, 2.75) is 57.6 Å². The number of rotatable bonds is 5. The second-order valence-corrected chi connectivity index (χ2v) is 8.62. The summed E-state index contributed by atoms with van der Waals surface area (Å²) in [6, 6.07) is 6.92. The molecule has 0 saturated carbocycles. The molecule has 1 fully saturated rings. The summed E-state index contributed by atoms with van der Waals surface area (Å²) in [5.74, 6) is 0. The van der Waals surface area contributed by atoms with E-state index >= 15 is 0 Å². The van der Waals surface area contributed by atoms with Gasteiger partial charge in [0.25, 0.3) is 0 Å². The van der Waals surface area contributed by atoms with E-state index in [4.69, 9.17) is 9.31 Å². The third-order valence-electron chi connectivity index (χ3n) is 4.75. The lowest BCUT2D eigenvalue weighted by molar-refractivity contribution is 0.00578. The number of benzene rings is 1. The van der Waals surface area contributed by atoms with Crippen molar-refractivity contribution >= 4 is 22.6 Å². The molecule has 0 unspecified atom stereocenters. The van der Waals surface area contributed by atoms with Crippen LogP contribution in [0.15, 0.2) is 29.2 Å². The second kappa shape index (κ2) is 6.20. The van der Waals surface area contributed by atoms with Crippen LogP contribution in [0.4, 0.5) is 0 Å². The van der Waals surface area contributed by atoms with Gasteiger partial charge in [-0.15, -0.1) is 0 Å². The van der Waals surface area contributed by atoms with Gasteiger partial charge in [0, 0.05) is 18.6 Å². The van der Waals surface area contributed by atoms with E-state index in [1.54, 1.807) is 18.2 Å². The van der Waals surface area contributed by atoms with Crippen LogP contribution in [-0.2, 0) is 19.3 Å². The first kappa shape index (κ1) is 18.5. The second-order valence-electron chi connectivity index (χ2n) is 6.72. The van der Waals surface area contributed by atoms with Crippen molar-refractivity contribution in [3.8, 4) is 0 Å². The molecule has 0 bridgehead atoms. The van der Waals surface area contributed by atoms with Crippen LogP contribution in [-0.4, -0.2) is 44.1 Å². The molecule has 0 N–H and O–H groups in total. The Morgan fingerprint density at radius 3 is 1.96 bits per heavy atom. The van der Waals surface area contributed by atoms with Crippen LogP contribution in [0.25, 0.3) is 0 Å². The van der Waals surface area contributed by atoms with Crippen molar-refractivity contribution in [2.75, 3.05) is 13.1 Å². The van der Waals surface area contributed by atoms with Crippen molar-refractivity contribution in [1.29, 1.82) is 0 Å². The molecule has 0 amide bonds. The molecule has 1 aliphatic heterocycles. The van der Waals surface area contributed by atoms with E-state index in [0.717, 1.165) is 0 Å². The lowest BCUT2D eigenvalue weighted by atomic mass is 9.79. The molecule has 1 aliphatic rings. The molecule has 7 heteroatoms. The zero-order chi connectivity index (χ0) is 17.5. The molecule has 5 nitrogen and oxygen atoms in total. The number of nitrogens with zero attached hydrogens (tertiary/aromatic N) is 1. The molecule has 1 heterocycles. The minimum atomic E-state index is -3.57. The summed E-state index contributed by atoms with van der Waals surface area (Å²) in [6.45, 7) is 12.3. The summed E-state index contributed by atoms with van der Waals surface area (Å²) in [5.41, 5.74) is -0.467. The van der Waals surface area contributed by atoms with Gasteiger partial charge in [0.05, 0.1) is 16.1 Å². The van der Waals surface area contributed by atoms with E-state index in [-0.39, 0.29) is 4.90 Å². The third kappa shape index (κ3) is 3.20. The topological polar surface area (TPSA) is 55.8 Å². The maximum atomic E-state index is 12.9. The lowest BCUT2D eigenvalue weighted by Gasteiger charge is -2.32. The van der Waals surface area contributed by atoms with Gasteiger partial charge in [0.1, 0.15) is 0 Å². The minimum absolute atomic E-state index is 0.252. The van der Waals surface area contributed by atoms with Crippen molar-refractivity contribution < 1.29 is 17.7 Å². The highest BCUT2D eigenvalue weighted by Gasteiger charge is 2.52. The van der Waals surface area contributed by atoms with Crippen LogP contribution in [0.5, 0.6) is 0 Å². The van der Waals surface area contributed by atoms with Gasteiger partial charge >= 0.3 is 7.12 Å². The summed E-state index contributed by atoms with van der Waals surface area (Å²) in [6.07, 6.45) is 0. The SMILES string of the molecule is CCN(CC)S(=O)(=O)c1ccccc1B1OC(C)(C)C(C)(C)O1. The van der Waals surface area contributed by atoms with Crippen LogP contribution in [0.1, 0.15) is 41.5 Å². The summed E-state index contributed by atoms with van der Waals surface area (Å²) in [7, 11) is -4.26. The van der Waals surface area contributed by atoms with Crippen LogP contribution >= 0.6 is 0 Å². The van der Waals surface area contributed by atoms with Crippen LogP contribution in [0.2, 0.25) is 0 Å². The van der Waals surface area contributed by atoms with Crippen molar-refractivity contribution in [1.82, 2.24) is 4.31 Å². The molecule has 23 heavy (non-hydrogen) atoms. The van der Waals surface area contributed by atoms with Crippen molar-refractivity contribution in [3.05, 3.63) is 24.3 Å². The van der Waals surface area contributed by atoms with Gasteiger partial charge in [-0.1, -0.05) is 32.0 Å². The van der Waals surface area contributed by atoms with Gasteiger partial charge in [-0.05, 0) is 33.8 Å². The molecular weight excluding hydrogens is 313 g/mol. The number of hydrogen-bond donors (Lipinski definition) is 0. The fraction of sp³-hybridized carbons (Fsp3) is 0.625. The van der Waals surface area contributed by atoms with Gasteiger partial charge in [0.2, 0.25) is 10.0 Å². The van der Waals surface area contributed by atoms with E-state index in [1.165, 1.54) is 4.31 Å². The molecule has 0 atom stereocenters. The standard InChI is InChI=1S/C16H26BNO4S/c1-7-18(8-2)23(19,20)14-12-10-9-11-13(14)17-21-15(3,4)16(5,6)22-17/h9-12H,7-8H2,1-6H3. The Morgan fingerprint density at radius 1 is 1.00 bits per heavy atom. The Balaban J connectivity index is 2.48. The molecule has 1 aromatic carbocycles. The predicted octanol–water partition coefficient (Wildman–Crippen LogP) is 2.02. The zero-order valence-electron chi connectivity index (χ0n) is 14.8. The van der Waals surface area contributed by atoms with Crippen LogP contribution in [0, 0.1) is 0 Å². The Kier molecular flexibility index (Phi) is 4.98. The summed E-state index contributed by atoms with van der Waals surface area (Å²) >= 11 is 0. The fourth-order valence-electron chi connectivity index (χ4n) is 2.58. The maximum absolute atomic E-state index is 12.9. The van der Waals surface area contributed by atoms with E-state index in [0.29, 0.717) is 18.6 Å². The molecule has 0 aromatic heterocycles. The Morgan fingerprint density at radius 2 is 1.48 bits per heavy atom. The highest BCUT2D eigenvalue weighted by Crippen LogP contribution is 2.37. The van der Waals surface area contributed by atoms with E-state index in [9.17, 15) is 8.42 Å². The molecule has 0 aliphatic carbocycles. The fourth-order valence-corrected chi connectivity index (χ4v) is 4.25. The average molecular weight is 339 g/mol. The Labute approximate surface area is 140 Å². The molecular formula is C16H26BNO4S.